The molecule has 9 nitrogen and oxygen atoms in total. The largest absolute Gasteiger partial charge is 0.445 e. The van der Waals surface area contributed by atoms with Crippen LogP contribution >= 0.6 is 0 Å². The van der Waals surface area contributed by atoms with Gasteiger partial charge in [0.15, 0.2) is 9.92 Å². The number of nitrogens with zero attached hydrogens (tertiary/aromatic N) is 2. The van der Waals surface area contributed by atoms with Crippen molar-refractivity contribution in [1.82, 2.24) is 9.62 Å². The third kappa shape index (κ3) is 6.40. The molecule has 0 aromatic heterocycles. The van der Waals surface area contributed by atoms with Gasteiger partial charge in [0.05, 0.1) is 9.79 Å². The summed E-state index contributed by atoms with van der Waals surface area (Å²) in [7, 11) is -8.38. The lowest BCUT2D eigenvalue weighted by Crippen LogP contribution is -2.47. The van der Waals surface area contributed by atoms with Gasteiger partial charge in [0.1, 0.15) is 12.6 Å². The van der Waals surface area contributed by atoms with Gasteiger partial charge in [-0.3, -0.25) is 14.4 Å². The molecule has 1 aliphatic heterocycles. The van der Waals surface area contributed by atoms with Crippen LogP contribution < -0.4 is 4.72 Å². The van der Waals surface area contributed by atoms with E-state index >= 15 is 0 Å². The molecule has 3 aromatic rings. The average molecular weight is 556 g/mol. The van der Waals surface area contributed by atoms with Crippen molar-refractivity contribution in [2.24, 2.45) is 3.77 Å². The maximum absolute atomic E-state index is 14.1. The lowest BCUT2D eigenvalue weighted by atomic mass is 10.2. The van der Waals surface area contributed by atoms with E-state index in [4.69, 9.17) is 4.74 Å². The Kier molecular flexibility index (Phi) is 8.17. The molecule has 1 aliphatic rings. The molecule has 38 heavy (non-hydrogen) atoms. The summed E-state index contributed by atoms with van der Waals surface area (Å²) in [5, 5.41) is 0. The van der Waals surface area contributed by atoms with E-state index < -0.39 is 38.0 Å². The molecule has 0 spiro atoms. The fourth-order valence-electron chi connectivity index (χ4n) is 4.00. The normalized spacial score (nSPS) is 16.9. The van der Waals surface area contributed by atoms with Gasteiger partial charge in [0.2, 0.25) is 0 Å². The van der Waals surface area contributed by atoms with Crippen molar-refractivity contribution in [2.45, 2.75) is 49.1 Å². The molecule has 2 amide bonds. The Morgan fingerprint density at radius 1 is 0.895 bits per heavy atom. The molecule has 3 aromatic carbocycles. The Morgan fingerprint density at radius 3 is 2.08 bits per heavy atom. The number of hydrogen-bond acceptors (Lipinski definition) is 6. The van der Waals surface area contributed by atoms with Crippen molar-refractivity contribution < 1.29 is 27.0 Å². The summed E-state index contributed by atoms with van der Waals surface area (Å²) >= 11 is 0. The van der Waals surface area contributed by atoms with Gasteiger partial charge in [-0.15, -0.1) is 0 Å². The van der Waals surface area contributed by atoms with E-state index in [2.05, 4.69) is 8.49 Å². The van der Waals surface area contributed by atoms with E-state index in [1.165, 1.54) is 29.2 Å². The first-order valence-electron chi connectivity index (χ1n) is 12.0. The number of ether oxygens (including phenoxy) is 1. The zero-order valence-electron chi connectivity index (χ0n) is 21.1. The summed E-state index contributed by atoms with van der Waals surface area (Å²) in [6.07, 6.45) is 0.154. The molecule has 4 rings (SSSR count). The summed E-state index contributed by atoms with van der Waals surface area (Å²) in [5.41, 5.74) is 2.49. The zero-order valence-corrected chi connectivity index (χ0v) is 22.7. The summed E-state index contributed by atoms with van der Waals surface area (Å²) in [4.78, 5) is 27.3. The highest BCUT2D eigenvalue weighted by Gasteiger charge is 2.37. The Balaban J connectivity index is 1.61. The van der Waals surface area contributed by atoms with Crippen LogP contribution in [-0.2, 0) is 36.1 Å². The second kappa shape index (κ2) is 11.4. The topological polar surface area (TPSA) is 122 Å². The molecule has 200 valence electrons. The number of amides is 2. The highest BCUT2D eigenvalue weighted by Crippen LogP contribution is 2.23. The third-order valence-corrected chi connectivity index (χ3v) is 9.98. The fourth-order valence-corrected chi connectivity index (χ4v) is 7.45. The highest BCUT2D eigenvalue weighted by atomic mass is 32.3. The zero-order chi connectivity index (χ0) is 27.3. The third-order valence-electron chi connectivity index (χ3n) is 6.10. The SMILES string of the molecule is Cc1ccc(S(=O)(=O)N=S(=O)(NC(=O)[C@@H]2CCCN2C(=O)OCc2ccccc2)c2ccc(C)cc2)cc1. The van der Waals surface area contributed by atoms with Crippen molar-refractivity contribution in [3.8, 4) is 0 Å². The quantitative estimate of drug-likeness (QED) is 0.463. The summed E-state index contributed by atoms with van der Waals surface area (Å²) in [6.45, 7) is 3.94. The summed E-state index contributed by atoms with van der Waals surface area (Å²) < 4.78 is 51.8. The van der Waals surface area contributed by atoms with Crippen molar-refractivity contribution in [3.05, 3.63) is 95.6 Å². The predicted octanol–water partition coefficient (Wildman–Crippen LogP) is 4.35. The second-order valence-electron chi connectivity index (χ2n) is 9.06. The maximum Gasteiger partial charge on any atom is 0.410 e. The minimum absolute atomic E-state index is 0.0309. The molecule has 0 aliphatic carbocycles. The van der Waals surface area contributed by atoms with Gasteiger partial charge in [-0.05, 0) is 56.5 Å². The predicted molar refractivity (Wildman–Crippen MR) is 143 cm³/mol. The molecule has 1 N–H and O–H groups in total. The average Bonchev–Trinajstić information content (AvgIpc) is 3.39. The standard InChI is InChI=1S/C27H29N3O6S2/c1-20-10-14-23(15-11-20)37(33,29-38(34,35)24-16-12-21(2)13-17-24)28-26(31)25-9-6-18-30(25)27(32)36-19-22-7-4-3-5-8-22/h3-5,7-8,10-17,25H,6,9,18-19H2,1-2H3,(H,28,29,31,33)/t25-,37?/m0/s1. The Morgan fingerprint density at radius 2 is 1.47 bits per heavy atom. The first kappa shape index (κ1) is 27.3. The molecule has 0 saturated carbocycles. The van der Waals surface area contributed by atoms with Crippen LogP contribution in [0.4, 0.5) is 4.79 Å². The van der Waals surface area contributed by atoms with Crippen LogP contribution in [0.2, 0.25) is 0 Å². The Hall–Kier alpha value is -3.70. The van der Waals surface area contributed by atoms with Gasteiger partial charge in [-0.2, -0.15) is 8.42 Å². The molecular weight excluding hydrogens is 526 g/mol. The Labute approximate surface area is 223 Å². The van der Waals surface area contributed by atoms with E-state index in [9.17, 15) is 22.2 Å². The van der Waals surface area contributed by atoms with Crippen molar-refractivity contribution >= 4 is 31.9 Å². The minimum Gasteiger partial charge on any atom is -0.445 e. The van der Waals surface area contributed by atoms with E-state index in [1.54, 1.807) is 31.2 Å². The lowest BCUT2D eigenvalue weighted by Gasteiger charge is -2.24. The number of sulfonamides is 1. The van der Waals surface area contributed by atoms with Crippen molar-refractivity contribution in [2.75, 3.05) is 6.54 Å². The first-order chi connectivity index (χ1) is 18.1. The highest BCUT2D eigenvalue weighted by molar-refractivity contribution is 8.02. The molecule has 11 heteroatoms. The smallest absolute Gasteiger partial charge is 0.410 e. The van der Waals surface area contributed by atoms with Crippen LogP contribution in [0.3, 0.4) is 0 Å². The molecule has 0 bridgehead atoms. The molecule has 1 heterocycles. The van der Waals surface area contributed by atoms with E-state index in [0.717, 1.165) is 16.7 Å². The Bertz CT molecular complexity index is 1530. The number of benzene rings is 3. The number of likely N-dealkylation sites (tertiary alicyclic amines) is 1. The molecular formula is C27H29N3O6S2. The fraction of sp³-hybridized carbons (Fsp3) is 0.259. The van der Waals surface area contributed by atoms with Crippen LogP contribution in [-0.4, -0.2) is 42.1 Å². The van der Waals surface area contributed by atoms with Gasteiger partial charge in [-0.25, -0.2) is 9.00 Å². The van der Waals surface area contributed by atoms with Gasteiger partial charge in [0.25, 0.3) is 15.9 Å². The minimum atomic E-state index is -4.40. The molecule has 1 saturated heterocycles. The number of nitrogens with one attached hydrogen (secondary N) is 1. The van der Waals surface area contributed by atoms with Gasteiger partial charge in [-0.1, -0.05) is 69.5 Å². The van der Waals surface area contributed by atoms with Crippen LogP contribution in [0.25, 0.3) is 0 Å². The van der Waals surface area contributed by atoms with Crippen LogP contribution in [0.15, 0.2) is 92.4 Å². The first-order valence-corrected chi connectivity index (χ1v) is 15.0. The van der Waals surface area contributed by atoms with Crippen molar-refractivity contribution in [3.63, 3.8) is 0 Å². The number of hydrogen-bond donors (Lipinski definition) is 1. The van der Waals surface area contributed by atoms with Gasteiger partial charge in [0, 0.05) is 6.54 Å². The number of carbonyl (C=O) groups excluding carboxylic acids is 2. The van der Waals surface area contributed by atoms with E-state index in [0.29, 0.717) is 12.8 Å². The monoisotopic (exact) mass is 555 g/mol. The van der Waals surface area contributed by atoms with Crippen molar-refractivity contribution in [1.29, 1.82) is 0 Å². The van der Waals surface area contributed by atoms with Crippen LogP contribution in [0.1, 0.15) is 29.5 Å². The van der Waals surface area contributed by atoms with Gasteiger partial charge >= 0.3 is 6.09 Å². The van der Waals surface area contributed by atoms with Gasteiger partial charge < -0.3 is 4.74 Å². The molecule has 1 fully saturated rings. The number of carbonyl (C=O) groups is 2. The van der Waals surface area contributed by atoms with Crippen LogP contribution in [0, 0.1) is 13.8 Å². The summed E-state index contributed by atoms with van der Waals surface area (Å²) in [5.74, 6) is -0.771. The van der Waals surface area contributed by atoms with E-state index in [1.807, 2.05) is 37.3 Å². The maximum atomic E-state index is 14.1. The molecule has 2 atom stereocenters. The number of rotatable bonds is 7. The van der Waals surface area contributed by atoms with E-state index in [-0.39, 0.29) is 22.9 Å². The summed E-state index contributed by atoms with van der Waals surface area (Å²) in [6, 6.07) is 20.3. The molecule has 0 radical (unpaired) electrons. The lowest BCUT2D eigenvalue weighted by molar-refractivity contribution is -0.123. The molecule has 1 unspecified atom stereocenters. The van der Waals surface area contributed by atoms with Crippen LogP contribution in [0.5, 0.6) is 0 Å². The number of aryl methyl sites for hydroxylation is 2. The second-order valence-corrected chi connectivity index (χ2v) is 12.8.